The number of ether oxygens (including phenoxy) is 2. The lowest BCUT2D eigenvalue weighted by molar-refractivity contribution is 0.273. The van der Waals surface area contributed by atoms with Gasteiger partial charge in [0.25, 0.3) is 0 Å². The fourth-order valence-electron chi connectivity index (χ4n) is 3.12. The third-order valence-electron chi connectivity index (χ3n) is 4.60. The van der Waals surface area contributed by atoms with Crippen LogP contribution in [0, 0.1) is 5.92 Å². The van der Waals surface area contributed by atoms with Crippen LogP contribution in [-0.2, 0) is 6.42 Å². The molecule has 1 aliphatic rings. The first-order valence-electron chi connectivity index (χ1n) is 9.52. The highest BCUT2D eigenvalue weighted by Gasteiger charge is 2.18. The van der Waals surface area contributed by atoms with Crippen LogP contribution in [0.4, 0.5) is 0 Å². The predicted molar refractivity (Wildman–Crippen MR) is 104 cm³/mol. The van der Waals surface area contributed by atoms with Crippen molar-refractivity contribution >= 4 is 5.96 Å². The number of likely N-dealkylation sites (tertiary alicyclic amines) is 1. The highest BCUT2D eigenvalue weighted by Crippen LogP contribution is 2.28. The first kappa shape index (κ1) is 19.4. The second kappa shape index (κ2) is 10.2. The molecule has 1 saturated heterocycles. The van der Waals surface area contributed by atoms with Crippen molar-refractivity contribution < 1.29 is 9.47 Å². The Balaban J connectivity index is 1.88. The molecule has 25 heavy (non-hydrogen) atoms. The molecule has 0 bridgehead atoms. The number of hydrogen-bond acceptors (Lipinski definition) is 3. The minimum absolute atomic E-state index is 0.641. The zero-order valence-corrected chi connectivity index (χ0v) is 16.2. The second-order valence-corrected chi connectivity index (χ2v) is 6.54. The van der Waals surface area contributed by atoms with E-state index in [2.05, 4.69) is 34.3 Å². The Morgan fingerprint density at radius 2 is 1.84 bits per heavy atom. The number of hydrogen-bond donors (Lipinski definition) is 1. The Kier molecular flexibility index (Phi) is 7.89. The van der Waals surface area contributed by atoms with Crippen LogP contribution in [0.1, 0.15) is 39.2 Å². The Morgan fingerprint density at radius 3 is 2.48 bits per heavy atom. The van der Waals surface area contributed by atoms with Gasteiger partial charge in [-0.25, -0.2) is 0 Å². The molecule has 5 heteroatoms. The van der Waals surface area contributed by atoms with Crippen LogP contribution in [0.2, 0.25) is 0 Å². The van der Waals surface area contributed by atoms with E-state index in [4.69, 9.17) is 9.47 Å². The Bertz CT molecular complexity index is 552. The number of guanidine groups is 1. The van der Waals surface area contributed by atoms with E-state index in [9.17, 15) is 0 Å². The van der Waals surface area contributed by atoms with Gasteiger partial charge in [-0.2, -0.15) is 0 Å². The van der Waals surface area contributed by atoms with Crippen molar-refractivity contribution in [1.82, 2.24) is 10.2 Å². The van der Waals surface area contributed by atoms with E-state index in [1.165, 1.54) is 18.4 Å². The number of nitrogens with one attached hydrogen (secondary N) is 1. The van der Waals surface area contributed by atoms with Crippen LogP contribution >= 0.6 is 0 Å². The molecule has 2 rings (SSSR count). The van der Waals surface area contributed by atoms with Crippen LogP contribution in [0.3, 0.4) is 0 Å². The predicted octanol–water partition coefficient (Wildman–Crippen LogP) is 3.33. The largest absolute Gasteiger partial charge is 0.490 e. The third-order valence-corrected chi connectivity index (χ3v) is 4.60. The smallest absolute Gasteiger partial charge is 0.193 e. The SMILES string of the molecule is CCOc1ccc(CCNC(=NC)N2CCC(C)CC2)cc1OCC. The molecule has 0 atom stereocenters. The van der Waals surface area contributed by atoms with Gasteiger partial charge in [-0.1, -0.05) is 13.0 Å². The van der Waals surface area contributed by atoms with E-state index in [0.717, 1.165) is 49.4 Å². The zero-order valence-electron chi connectivity index (χ0n) is 16.2. The van der Waals surface area contributed by atoms with E-state index < -0.39 is 0 Å². The van der Waals surface area contributed by atoms with Gasteiger partial charge in [0.15, 0.2) is 17.5 Å². The van der Waals surface area contributed by atoms with Gasteiger partial charge in [-0.05, 0) is 56.7 Å². The molecule has 0 unspecified atom stereocenters. The van der Waals surface area contributed by atoms with Crippen molar-refractivity contribution in [3.8, 4) is 11.5 Å². The van der Waals surface area contributed by atoms with Crippen molar-refractivity contribution in [2.75, 3.05) is 39.9 Å². The molecule has 1 N–H and O–H groups in total. The number of aliphatic imine (C=N–C) groups is 1. The molecule has 0 saturated carbocycles. The monoisotopic (exact) mass is 347 g/mol. The van der Waals surface area contributed by atoms with E-state index >= 15 is 0 Å². The summed E-state index contributed by atoms with van der Waals surface area (Å²) in [5.74, 6) is 3.49. The van der Waals surface area contributed by atoms with Gasteiger partial charge in [0.2, 0.25) is 0 Å². The van der Waals surface area contributed by atoms with Crippen LogP contribution in [0.25, 0.3) is 0 Å². The number of nitrogens with zero attached hydrogens (tertiary/aromatic N) is 2. The number of rotatable bonds is 7. The van der Waals surface area contributed by atoms with Crippen molar-refractivity contribution in [1.29, 1.82) is 0 Å². The third kappa shape index (κ3) is 5.83. The first-order chi connectivity index (χ1) is 12.2. The summed E-state index contributed by atoms with van der Waals surface area (Å²) in [6, 6.07) is 6.20. The minimum atomic E-state index is 0.641. The van der Waals surface area contributed by atoms with Gasteiger partial charge in [-0.3, -0.25) is 4.99 Å². The van der Waals surface area contributed by atoms with Crippen LogP contribution in [0.5, 0.6) is 11.5 Å². The second-order valence-electron chi connectivity index (χ2n) is 6.54. The van der Waals surface area contributed by atoms with Crippen molar-refractivity contribution in [2.24, 2.45) is 10.9 Å². The highest BCUT2D eigenvalue weighted by molar-refractivity contribution is 5.79. The topological polar surface area (TPSA) is 46.1 Å². The summed E-state index contributed by atoms with van der Waals surface area (Å²) in [6.07, 6.45) is 3.42. The summed E-state index contributed by atoms with van der Waals surface area (Å²) >= 11 is 0. The number of benzene rings is 1. The van der Waals surface area contributed by atoms with Crippen LogP contribution < -0.4 is 14.8 Å². The fraction of sp³-hybridized carbons (Fsp3) is 0.650. The zero-order chi connectivity index (χ0) is 18.1. The number of piperidine rings is 1. The van der Waals surface area contributed by atoms with E-state index in [-0.39, 0.29) is 0 Å². The summed E-state index contributed by atoms with van der Waals surface area (Å²) < 4.78 is 11.3. The molecule has 1 heterocycles. The molecule has 140 valence electrons. The maximum Gasteiger partial charge on any atom is 0.193 e. The quantitative estimate of drug-likeness (QED) is 0.607. The summed E-state index contributed by atoms with van der Waals surface area (Å²) in [4.78, 5) is 6.81. The molecular weight excluding hydrogens is 314 g/mol. The first-order valence-corrected chi connectivity index (χ1v) is 9.52. The summed E-state index contributed by atoms with van der Waals surface area (Å²) in [6.45, 7) is 10.6. The maximum absolute atomic E-state index is 5.71. The molecule has 0 aliphatic carbocycles. The lowest BCUT2D eigenvalue weighted by Gasteiger charge is -2.32. The van der Waals surface area contributed by atoms with Crippen LogP contribution in [-0.4, -0.2) is 50.8 Å². The normalized spacial score (nSPS) is 16.0. The molecule has 1 aromatic rings. The van der Waals surface area contributed by atoms with Crippen LogP contribution in [0.15, 0.2) is 23.2 Å². The molecular formula is C20H33N3O2. The van der Waals surface area contributed by atoms with Gasteiger partial charge < -0.3 is 19.7 Å². The molecule has 1 aromatic carbocycles. The lowest BCUT2D eigenvalue weighted by Crippen LogP contribution is -2.45. The Morgan fingerprint density at radius 1 is 1.16 bits per heavy atom. The molecule has 0 amide bonds. The average Bonchev–Trinajstić information content (AvgIpc) is 2.62. The molecule has 1 aliphatic heterocycles. The molecule has 0 aromatic heterocycles. The Labute approximate surface area is 152 Å². The van der Waals surface area contributed by atoms with Gasteiger partial charge in [0.05, 0.1) is 13.2 Å². The Hall–Kier alpha value is -1.91. The standard InChI is InChI=1S/C20H33N3O2/c1-5-24-18-8-7-17(15-19(18)25-6-2)9-12-22-20(21-4)23-13-10-16(3)11-14-23/h7-8,15-16H,5-6,9-14H2,1-4H3,(H,21,22). The van der Waals surface area contributed by atoms with Gasteiger partial charge >= 0.3 is 0 Å². The summed E-state index contributed by atoms with van der Waals surface area (Å²) in [5, 5.41) is 3.50. The summed E-state index contributed by atoms with van der Waals surface area (Å²) in [5.41, 5.74) is 1.24. The fourth-order valence-corrected chi connectivity index (χ4v) is 3.12. The maximum atomic E-state index is 5.71. The van der Waals surface area contributed by atoms with Gasteiger partial charge in [0.1, 0.15) is 0 Å². The lowest BCUT2D eigenvalue weighted by atomic mass is 9.99. The van der Waals surface area contributed by atoms with Gasteiger partial charge in [0, 0.05) is 26.7 Å². The van der Waals surface area contributed by atoms with E-state index in [1.807, 2.05) is 27.0 Å². The molecule has 0 spiro atoms. The van der Waals surface area contributed by atoms with E-state index in [0.29, 0.717) is 13.2 Å². The molecule has 1 fully saturated rings. The molecule has 5 nitrogen and oxygen atoms in total. The van der Waals surface area contributed by atoms with Gasteiger partial charge in [-0.15, -0.1) is 0 Å². The molecule has 0 radical (unpaired) electrons. The van der Waals surface area contributed by atoms with Crippen molar-refractivity contribution in [3.05, 3.63) is 23.8 Å². The van der Waals surface area contributed by atoms with Crippen molar-refractivity contribution in [3.63, 3.8) is 0 Å². The minimum Gasteiger partial charge on any atom is -0.490 e. The van der Waals surface area contributed by atoms with Crippen molar-refractivity contribution in [2.45, 2.75) is 40.0 Å². The highest BCUT2D eigenvalue weighted by atomic mass is 16.5. The van der Waals surface area contributed by atoms with E-state index in [1.54, 1.807) is 0 Å². The summed E-state index contributed by atoms with van der Waals surface area (Å²) in [7, 11) is 1.87. The average molecular weight is 348 g/mol.